The normalized spacial score (nSPS) is 13.1. The number of fused-ring (bicyclic) bond motifs is 1. The molecule has 2 aromatic carbocycles. The maximum absolute atomic E-state index is 9.30. The lowest BCUT2D eigenvalue weighted by Gasteiger charge is -2.29. The maximum Gasteiger partial charge on any atom is 0.253 e. The largest absolute Gasteiger partial charge is 0.354 e. The van der Waals surface area contributed by atoms with Gasteiger partial charge in [-0.05, 0) is 29.5 Å². The van der Waals surface area contributed by atoms with Crippen molar-refractivity contribution >= 4 is 17.8 Å². The quantitative estimate of drug-likeness (QED) is 0.581. The van der Waals surface area contributed by atoms with Crippen molar-refractivity contribution in [2.75, 3.05) is 28.8 Å². The molecule has 138 valence electrons. The van der Waals surface area contributed by atoms with Gasteiger partial charge in [-0.1, -0.05) is 54.6 Å². The van der Waals surface area contributed by atoms with E-state index in [1.807, 2.05) is 29.7 Å². The minimum absolute atomic E-state index is 0.140. The van der Waals surface area contributed by atoms with Crippen LogP contribution in [0.3, 0.4) is 0 Å². The Morgan fingerprint density at radius 3 is 2.44 bits per heavy atom. The van der Waals surface area contributed by atoms with Gasteiger partial charge in [-0.3, -0.25) is 5.21 Å². The zero-order chi connectivity index (χ0) is 18.5. The number of rotatable bonds is 6. The van der Waals surface area contributed by atoms with Crippen LogP contribution in [0.2, 0.25) is 0 Å². The van der Waals surface area contributed by atoms with Crippen LogP contribution in [0, 0.1) is 0 Å². The van der Waals surface area contributed by atoms with E-state index in [2.05, 4.69) is 55.5 Å². The Balaban J connectivity index is 1.48. The monoisotopic (exact) mass is 362 g/mol. The van der Waals surface area contributed by atoms with Gasteiger partial charge in [-0.25, -0.2) is 5.48 Å². The van der Waals surface area contributed by atoms with E-state index in [1.165, 1.54) is 16.7 Å². The molecule has 3 N–H and O–H groups in total. The Morgan fingerprint density at radius 1 is 0.889 bits per heavy atom. The molecule has 7 heteroatoms. The van der Waals surface area contributed by atoms with E-state index in [0.717, 1.165) is 25.9 Å². The zero-order valence-electron chi connectivity index (χ0n) is 15.0. The summed E-state index contributed by atoms with van der Waals surface area (Å²) >= 11 is 0. The predicted octanol–water partition coefficient (Wildman–Crippen LogP) is 2.89. The first-order valence-corrected chi connectivity index (χ1v) is 9.07. The molecule has 0 bridgehead atoms. The first kappa shape index (κ1) is 17.2. The lowest BCUT2D eigenvalue weighted by atomic mass is 10.0. The number of nitrogens with one attached hydrogen (secondary N) is 2. The summed E-state index contributed by atoms with van der Waals surface area (Å²) in [5.74, 6) is 1.14. The molecule has 0 fully saturated rings. The molecule has 0 atom stereocenters. The molecule has 0 radical (unpaired) electrons. The van der Waals surface area contributed by atoms with Crippen LogP contribution in [0.5, 0.6) is 0 Å². The van der Waals surface area contributed by atoms with Gasteiger partial charge in [0.15, 0.2) is 0 Å². The summed E-state index contributed by atoms with van der Waals surface area (Å²) in [5.41, 5.74) is 5.93. The van der Waals surface area contributed by atoms with Gasteiger partial charge in [-0.2, -0.15) is 15.0 Å². The molecule has 0 aliphatic carbocycles. The highest BCUT2D eigenvalue weighted by Crippen LogP contribution is 2.23. The average molecular weight is 362 g/mol. The van der Waals surface area contributed by atoms with E-state index < -0.39 is 0 Å². The molecule has 0 saturated heterocycles. The predicted molar refractivity (Wildman–Crippen MR) is 105 cm³/mol. The molecular weight excluding hydrogens is 340 g/mol. The van der Waals surface area contributed by atoms with Gasteiger partial charge >= 0.3 is 0 Å². The number of hydrogen-bond acceptors (Lipinski definition) is 7. The Bertz CT molecular complexity index is 902. The molecule has 0 unspecified atom stereocenters. The van der Waals surface area contributed by atoms with E-state index in [4.69, 9.17) is 0 Å². The Morgan fingerprint density at radius 2 is 1.63 bits per heavy atom. The molecule has 1 aliphatic heterocycles. The Labute approximate surface area is 158 Å². The fourth-order valence-electron chi connectivity index (χ4n) is 3.26. The van der Waals surface area contributed by atoms with Crippen molar-refractivity contribution in [3.05, 3.63) is 71.3 Å². The first-order chi connectivity index (χ1) is 13.3. The lowest BCUT2D eigenvalue weighted by molar-refractivity contribution is 0.382. The molecular formula is C20H22N6O. The van der Waals surface area contributed by atoms with Crippen molar-refractivity contribution < 1.29 is 5.21 Å². The molecule has 3 aromatic rings. The summed E-state index contributed by atoms with van der Waals surface area (Å²) in [7, 11) is 0. The second kappa shape index (κ2) is 8.01. The molecule has 4 rings (SSSR count). The SMILES string of the molecule is ONc1nc(NCCc2ccccc2)nc(N2CCc3ccccc3C2)n1. The van der Waals surface area contributed by atoms with E-state index >= 15 is 0 Å². The van der Waals surface area contributed by atoms with Crippen molar-refractivity contribution in [3.8, 4) is 0 Å². The third kappa shape index (κ3) is 4.15. The van der Waals surface area contributed by atoms with Crippen LogP contribution in [0.25, 0.3) is 0 Å². The van der Waals surface area contributed by atoms with Gasteiger partial charge in [0.25, 0.3) is 5.95 Å². The molecule has 0 amide bonds. The minimum Gasteiger partial charge on any atom is -0.354 e. The summed E-state index contributed by atoms with van der Waals surface area (Å²) in [6.07, 6.45) is 1.81. The third-order valence-electron chi connectivity index (χ3n) is 4.68. The molecule has 0 spiro atoms. The van der Waals surface area contributed by atoms with E-state index in [1.54, 1.807) is 0 Å². The van der Waals surface area contributed by atoms with Crippen molar-refractivity contribution in [3.63, 3.8) is 0 Å². The fraction of sp³-hybridized carbons (Fsp3) is 0.250. The Hall–Kier alpha value is -3.19. The van der Waals surface area contributed by atoms with Crippen molar-refractivity contribution in [2.24, 2.45) is 0 Å². The van der Waals surface area contributed by atoms with E-state index in [0.29, 0.717) is 18.4 Å². The smallest absolute Gasteiger partial charge is 0.253 e. The van der Waals surface area contributed by atoms with Gasteiger partial charge < -0.3 is 10.2 Å². The van der Waals surface area contributed by atoms with Crippen molar-refractivity contribution in [2.45, 2.75) is 19.4 Å². The lowest BCUT2D eigenvalue weighted by Crippen LogP contribution is -2.32. The van der Waals surface area contributed by atoms with Crippen LogP contribution in [0.15, 0.2) is 54.6 Å². The second-order valence-corrected chi connectivity index (χ2v) is 6.50. The number of nitrogens with zero attached hydrogens (tertiary/aromatic N) is 4. The zero-order valence-corrected chi connectivity index (χ0v) is 15.0. The van der Waals surface area contributed by atoms with Gasteiger partial charge in [0, 0.05) is 19.6 Å². The summed E-state index contributed by atoms with van der Waals surface area (Å²) in [5, 5.41) is 12.5. The van der Waals surface area contributed by atoms with Gasteiger partial charge in [0.1, 0.15) is 0 Å². The van der Waals surface area contributed by atoms with Crippen LogP contribution in [0.1, 0.15) is 16.7 Å². The molecule has 0 saturated carbocycles. The topological polar surface area (TPSA) is 86.2 Å². The summed E-state index contributed by atoms with van der Waals surface area (Å²) < 4.78 is 0. The number of benzene rings is 2. The van der Waals surface area contributed by atoms with Gasteiger partial charge in [0.2, 0.25) is 11.9 Å². The highest BCUT2D eigenvalue weighted by atomic mass is 16.5. The molecule has 27 heavy (non-hydrogen) atoms. The summed E-state index contributed by atoms with van der Waals surface area (Å²) in [4.78, 5) is 15.2. The average Bonchev–Trinajstić information content (AvgIpc) is 2.74. The molecule has 7 nitrogen and oxygen atoms in total. The first-order valence-electron chi connectivity index (χ1n) is 9.07. The standard InChI is InChI=1S/C20H22N6O/c27-25-19-22-18(21-12-10-15-6-2-1-3-7-15)23-20(24-19)26-13-11-16-8-4-5-9-17(16)14-26/h1-9,27H,10-14H2,(H2,21,22,23,24,25). The number of anilines is 3. The van der Waals surface area contributed by atoms with Crippen LogP contribution < -0.4 is 15.7 Å². The number of hydrogen-bond donors (Lipinski definition) is 3. The number of aromatic nitrogens is 3. The molecule has 2 heterocycles. The molecule has 1 aromatic heterocycles. The second-order valence-electron chi connectivity index (χ2n) is 6.50. The van der Waals surface area contributed by atoms with E-state index in [9.17, 15) is 5.21 Å². The highest BCUT2D eigenvalue weighted by Gasteiger charge is 2.19. The Kier molecular flexibility index (Phi) is 5.11. The van der Waals surface area contributed by atoms with Crippen molar-refractivity contribution in [1.29, 1.82) is 0 Å². The van der Waals surface area contributed by atoms with Gasteiger partial charge in [0.05, 0.1) is 0 Å². The van der Waals surface area contributed by atoms with Crippen molar-refractivity contribution in [1.82, 2.24) is 15.0 Å². The highest BCUT2D eigenvalue weighted by molar-refractivity contribution is 5.46. The van der Waals surface area contributed by atoms with Crippen LogP contribution in [-0.4, -0.2) is 33.2 Å². The maximum atomic E-state index is 9.30. The van der Waals surface area contributed by atoms with Crippen LogP contribution in [-0.2, 0) is 19.4 Å². The van der Waals surface area contributed by atoms with Crippen LogP contribution in [0.4, 0.5) is 17.8 Å². The molecule has 1 aliphatic rings. The van der Waals surface area contributed by atoms with Gasteiger partial charge in [-0.15, -0.1) is 0 Å². The minimum atomic E-state index is 0.140. The van der Waals surface area contributed by atoms with E-state index in [-0.39, 0.29) is 5.95 Å². The fourth-order valence-corrected chi connectivity index (χ4v) is 3.26. The summed E-state index contributed by atoms with van der Waals surface area (Å²) in [6, 6.07) is 18.7. The van der Waals surface area contributed by atoms with Crippen LogP contribution >= 0.6 is 0 Å². The summed E-state index contributed by atoms with van der Waals surface area (Å²) in [6.45, 7) is 2.27. The third-order valence-corrected chi connectivity index (χ3v) is 4.68.